The van der Waals surface area contributed by atoms with Gasteiger partial charge < -0.3 is 0 Å². The first-order chi connectivity index (χ1) is 9.88. The van der Waals surface area contributed by atoms with Crippen LogP contribution in [0, 0.1) is 5.92 Å². The number of unbranched alkanes of at least 4 members (excludes halogenated alkanes) is 8. The predicted molar refractivity (Wildman–Crippen MR) is 89.5 cm³/mol. The van der Waals surface area contributed by atoms with Crippen LogP contribution in [0.15, 0.2) is 0 Å². The fourth-order valence-electron chi connectivity index (χ4n) is 3.67. The fourth-order valence-corrected chi connectivity index (χ4v) is 3.67. The van der Waals surface area contributed by atoms with Gasteiger partial charge in [0.05, 0.1) is 0 Å². The van der Waals surface area contributed by atoms with Crippen molar-refractivity contribution in [1.29, 1.82) is 0 Å². The van der Waals surface area contributed by atoms with Crippen LogP contribution in [0.4, 0.5) is 0 Å². The second-order valence-corrected chi connectivity index (χ2v) is 6.79. The van der Waals surface area contributed by atoms with Crippen molar-refractivity contribution in [3.05, 3.63) is 0 Å². The highest BCUT2D eigenvalue weighted by Gasteiger charge is 2.21. The van der Waals surface area contributed by atoms with Crippen LogP contribution in [0.5, 0.6) is 0 Å². The van der Waals surface area contributed by atoms with E-state index in [1.165, 1.54) is 96.3 Å². The fraction of sp³-hybridized carbons (Fsp3) is 1.00. The molecular weight excluding hydrogens is 244 g/mol. The average Bonchev–Trinajstić information content (AvgIpc) is 2.50. The van der Waals surface area contributed by atoms with Crippen molar-refractivity contribution in [3.8, 4) is 0 Å². The first-order valence-corrected chi connectivity index (χ1v) is 9.34. The van der Waals surface area contributed by atoms with E-state index in [1.807, 2.05) is 0 Å². The summed E-state index contributed by atoms with van der Waals surface area (Å²) in [5, 5.41) is 0. The molecule has 1 fully saturated rings. The van der Waals surface area contributed by atoms with Gasteiger partial charge in [0.2, 0.25) is 0 Å². The molecule has 0 spiro atoms. The summed E-state index contributed by atoms with van der Waals surface area (Å²) in [6.45, 7) is 2.29. The van der Waals surface area contributed by atoms with Gasteiger partial charge in [0.25, 0.3) is 0 Å². The Bertz CT molecular complexity index is 200. The van der Waals surface area contributed by atoms with E-state index >= 15 is 0 Å². The van der Waals surface area contributed by atoms with E-state index in [-0.39, 0.29) is 0 Å². The number of rotatable bonds is 12. The van der Waals surface area contributed by atoms with Crippen molar-refractivity contribution >= 4 is 0 Å². The number of nitrogens with two attached hydrogens (primary N) is 1. The Kier molecular flexibility index (Phi) is 11.4. The zero-order valence-corrected chi connectivity index (χ0v) is 13.8. The molecule has 20 heavy (non-hydrogen) atoms. The SMILES string of the molecule is CCCCCCCCCCCC(NN)C1CCCCC1. The van der Waals surface area contributed by atoms with E-state index in [4.69, 9.17) is 5.84 Å². The third-order valence-electron chi connectivity index (χ3n) is 5.05. The first kappa shape index (κ1) is 18.0. The number of hydrogen-bond acceptors (Lipinski definition) is 2. The highest BCUT2D eigenvalue weighted by Crippen LogP contribution is 2.28. The molecule has 1 rings (SSSR count). The normalized spacial score (nSPS) is 18.3. The summed E-state index contributed by atoms with van der Waals surface area (Å²) in [5.74, 6) is 6.61. The van der Waals surface area contributed by atoms with E-state index in [9.17, 15) is 0 Å². The topological polar surface area (TPSA) is 38.0 Å². The van der Waals surface area contributed by atoms with E-state index < -0.39 is 0 Å². The molecule has 2 heteroatoms. The lowest BCUT2D eigenvalue weighted by atomic mass is 9.82. The van der Waals surface area contributed by atoms with Crippen molar-refractivity contribution in [3.63, 3.8) is 0 Å². The summed E-state index contributed by atoms with van der Waals surface area (Å²) in [5.41, 5.74) is 3.10. The minimum atomic E-state index is 0.583. The Balaban J connectivity index is 1.93. The van der Waals surface area contributed by atoms with Crippen LogP contribution >= 0.6 is 0 Å². The molecule has 0 aromatic heterocycles. The van der Waals surface area contributed by atoms with Gasteiger partial charge in [-0.3, -0.25) is 11.3 Å². The largest absolute Gasteiger partial charge is 0.271 e. The molecule has 0 radical (unpaired) electrons. The summed E-state index contributed by atoms with van der Waals surface area (Å²) < 4.78 is 0. The molecule has 120 valence electrons. The van der Waals surface area contributed by atoms with Crippen LogP contribution in [-0.4, -0.2) is 6.04 Å². The van der Waals surface area contributed by atoms with Crippen LogP contribution < -0.4 is 11.3 Å². The van der Waals surface area contributed by atoms with E-state index in [0.717, 1.165) is 5.92 Å². The molecule has 0 amide bonds. The lowest BCUT2D eigenvalue weighted by Gasteiger charge is -2.29. The van der Waals surface area contributed by atoms with Crippen molar-refractivity contribution in [1.82, 2.24) is 5.43 Å². The molecule has 2 nitrogen and oxygen atoms in total. The van der Waals surface area contributed by atoms with Gasteiger partial charge in [-0.25, -0.2) is 0 Å². The second-order valence-electron chi connectivity index (χ2n) is 6.79. The Morgan fingerprint density at radius 3 is 1.95 bits per heavy atom. The maximum Gasteiger partial charge on any atom is 0.0238 e. The van der Waals surface area contributed by atoms with Crippen molar-refractivity contribution in [2.45, 2.75) is 109 Å². The van der Waals surface area contributed by atoms with Crippen LogP contribution in [0.2, 0.25) is 0 Å². The molecule has 1 atom stereocenters. The molecule has 3 N–H and O–H groups in total. The predicted octanol–water partition coefficient (Wildman–Crippen LogP) is 5.32. The minimum absolute atomic E-state index is 0.583. The average molecular weight is 283 g/mol. The number of nitrogens with one attached hydrogen (secondary N) is 1. The number of hydrazine groups is 1. The van der Waals surface area contributed by atoms with Gasteiger partial charge in [-0.15, -0.1) is 0 Å². The van der Waals surface area contributed by atoms with Gasteiger partial charge in [0, 0.05) is 6.04 Å². The molecule has 0 heterocycles. The summed E-state index contributed by atoms with van der Waals surface area (Å²) in [6, 6.07) is 0.583. The zero-order valence-electron chi connectivity index (χ0n) is 13.8. The third-order valence-corrected chi connectivity index (χ3v) is 5.05. The van der Waals surface area contributed by atoms with Crippen LogP contribution in [0.1, 0.15) is 103 Å². The highest BCUT2D eigenvalue weighted by molar-refractivity contribution is 4.77. The Morgan fingerprint density at radius 1 is 0.850 bits per heavy atom. The summed E-state index contributed by atoms with van der Waals surface area (Å²) in [4.78, 5) is 0. The summed E-state index contributed by atoms with van der Waals surface area (Å²) in [6.07, 6.45) is 21.1. The molecule has 0 aliphatic heterocycles. The Hall–Kier alpha value is -0.0800. The van der Waals surface area contributed by atoms with Crippen molar-refractivity contribution < 1.29 is 0 Å². The van der Waals surface area contributed by atoms with E-state index in [1.54, 1.807) is 0 Å². The van der Waals surface area contributed by atoms with Gasteiger partial charge in [0.15, 0.2) is 0 Å². The standard InChI is InChI=1S/C18H38N2/c1-2-3-4-5-6-7-8-9-13-16-18(20-19)17-14-11-10-12-15-17/h17-18,20H,2-16,19H2,1H3. The summed E-state index contributed by atoms with van der Waals surface area (Å²) >= 11 is 0. The van der Waals surface area contributed by atoms with E-state index in [0.29, 0.717) is 6.04 Å². The lowest BCUT2D eigenvalue weighted by Crippen LogP contribution is -2.41. The van der Waals surface area contributed by atoms with Crippen molar-refractivity contribution in [2.75, 3.05) is 0 Å². The molecule has 1 aliphatic rings. The second kappa shape index (κ2) is 12.6. The van der Waals surface area contributed by atoms with Gasteiger partial charge in [-0.2, -0.15) is 0 Å². The first-order valence-electron chi connectivity index (χ1n) is 9.34. The summed E-state index contributed by atoms with van der Waals surface area (Å²) in [7, 11) is 0. The monoisotopic (exact) mass is 282 g/mol. The van der Waals surface area contributed by atoms with Crippen LogP contribution in [0.3, 0.4) is 0 Å². The van der Waals surface area contributed by atoms with Crippen LogP contribution in [-0.2, 0) is 0 Å². The Labute approximate surface area is 127 Å². The van der Waals surface area contributed by atoms with E-state index in [2.05, 4.69) is 12.3 Å². The Morgan fingerprint density at radius 2 is 1.40 bits per heavy atom. The molecule has 1 unspecified atom stereocenters. The number of hydrogen-bond donors (Lipinski definition) is 2. The molecule has 0 saturated heterocycles. The highest BCUT2D eigenvalue weighted by atomic mass is 15.2. The molecule has 1 aliphatic carbocycles. The molecule has 0 aromatic rings. The van der Waals surface area contributed by atoms with Gasteiger partial charge in [0.1, 0.15) is 0 Å². The van der Waals surface area contributed by atoms with Gasteiger partial charge >= 0.3 is 0 Å². The van der Waals surface area contributed by atoms with Crippen LogP contribution in [0.25, 0.3) is 0 Å². The molecule has 1 saturated carbocycles. The van der Waals surface area contributed by atoms with Gasteiger partial charge in [-0.1, -0.05) is 84.0 Å². The quantitative estimate of drug-likeness (QED) is 0.289. The maximum atomic E-state index is 5.76. The maximum absolute atomic E-state index is 5.76. The third kappa shape index (κ3) is 8.26. The smallest absolute Gasteiger partial charge is 0.0238 e. The molecule has 0 bridgehead atoms. The molecular formula is C18H38N2. The zero-order chi connectivity index (χ0) is 14.5. The minimum Gasteiger partial charge on any atom is -0.271 e. The lowest BCUT2D eigenvalue weighted by molar-refractivity contribution is 0.255. The van der Waals surface area contributed by atoms with Crippen molar-refractivity contribution in [2.24, 2.45) is 11.8 Å². The van der Waals surface area contributed by atoms with Gasteiger partial charge in [-0.05, 0) is 25.2 Å². The molecule has 0 aromatic carbocycles.